The number of nitrogens with zero attached hydrogens (tertiary/aromatic N) is 1. The highest BCUT2D eigenvalue weighted by Crippen LogP contribution is 2.31. The zero-order valence-corrected chi connectivity index (χ0v) is 14.3. The van der Waals surface area contributed by atoms with Crippen molar-refractivity contribution in [3.63, 3.8) is 0 Å². The Morgan fingerprint density at radius 1 is 1.17 bits per heavy atom. The summed E-state index contributed by atoms with van der Waals surface area (Å²) in [6.07, 6.45) is 3.40. The maximum absolute atomic E-state index is 10.7. The number of carbonyl (C=O) groups is 1. The van der Waals surface area contributed by atoms with E-state index in [-0.39, 0.29) is 6.42 Å². The molecule has 0 saturated heterocycles. The summed E-state index contributed by atoms with van der Waals surface area (Å²) in [6, 6.07) is 16.3. The monoisotopic (exact) mass is 336 g/mol. The quantitative estimate of drug-likeness (QED) is 0.682. The molecule has 1 heterocycles. The van der Waals surface area contributed by atoms with Crippen molar-refractivity contribution in [2.75, 3.05) is 0 Å². The van der Waals surface area contributed by atoms with Gasteiger partial charge < -0.3 is 9.90 Å². The van der Waals surface area contributed by atoms with Gasteiger partial charge in [-0.15, -0.1) is 11.3 Å². The van der Waals surface area contributed by atoms with Crippen LogP contribution < -0.4 is 5.11 Å². The first-order chi connectivity index (χ1) is 11.6. The van der Waals surface area contributed by atoms with Crippen LogP contribution in [0.2, 0.25) is 0 Å². The fourth-order valence-electron chi connectivity index (χ4n) is 2.63. The van der Waals surface area contributed by atoms with Gasteiger partial charge in [0.25, 0.3) is 0 Å². The molecule has 24 heavy (non-hydrogen) atoms. The van der Waals surface area contributed by atoms with E-state index in [1.807, 2.05) is 24.3 Å². The van der Waals surface area contributed by atoms with Crippen molar-refractivity contribution in [1.29, 1.82) is 0 Å². The van der Waals surface area contributed by atoms with Crippen LogP contribution in [-0.4, -0.2) is 11.0 Å². The fourth-order valence-corrected chi connectivity index (χ4v) is 3.64. The van der Waals surface area contributed by atoms with E-state index < -0.39 is 5.97 Å². The van der Waals surface area contributed by atoms with Crippen LogP contribution >= 0.6 is 11.3 Å². The van der Waals surface area contributed by atoms with E-state index >= 15 is 0 Å². The molecule has 0 bridgehead atoms. The fraction of sp³-hybridized carbons (Fsp3) is 0.200. The highest BCUT2D eigenvalue weighted by Gasteiger charge is 2.09. The van der Waals surface area contributed by atoms with Crippen molar-refractivity contribution in [2.45, 2.75) is 26.2 Å². The van der Waals surface area contributed by atoms with Gasteiger partial charge in [0.05, 0.1) is 10.2 Å². The number of hydrogen-bond acceptors (Lipinski definition) is 4. The molecule has 3 nitrogen and oxygen atoms in total. The second-order valence-corrected chi connectivity index (χ2v) is 6.83. The molecule has 3 aromatic rings. The van der Waals surface area contributed by atoms with E-state index in [1.54, 1.807) is 11.3 Å². The first-order valence-corrected chi connectivity index (χ1v) is 8.76. The van der Waals surface area contributed by atoms with E-state index in [0.717, 1.165) is 26.4 Å². The van der Waals surface area contributed by atoms with E-state index in [4.69, 9.17) is 4.98 Å². The van der Waals surface area contributed by atoms with Gasteiger partial charge in [-0.05, 0) is 55.5 Å². The Morgan fingerprint density at radius 2 is 2.00 bits per heavy atom. The third-order valence-electron chi connectivity index (χ3n) is 3.78. The van der Waals surface area contributed by atoms with Crippen LogP contribution in [0.3, 0.4) is 0 Å². The Morgan fingerprint density at radius 3 is 2.75 bits per heavy atom. The molecule has 1 aromatic heterocycles. The number of allylic oxidation sites excluding steroid dienone is 1. The van der Waals surface area contributed by atoms with Crippen LogP contribution in [0.4, 0.5) is 0 Å². The molecule has 0 atom stereocenters. The highest BCUT2D eigenvalue weighted by molar-refractivity contribution is 7.19. The minimum Gasteiger partial charge on any atom is -0.550 e. The normalized spacial score (nSPS) is 11.8. The minimum atomic E-state index is -1.01. The number of thiazole rings is 1. The Kier molecular flexibility index (Phi) is 5.06. The number of hydrogen-bond donors (Lipinski definition) is 0. The Hall–Kier alpha value is -2.46. The second-order valence-electron chi connectivity index (χ2n) is 5.80. The number of carboxylic acid groups (broad SMARTS) is 1. The molecule has 0 radical (unpaired) electrons. The van der Waals surface area contributed by atoms with Gasteiger partial charge >= 0.3 is 0 Å². The Labute approximate surface area is 145 Å². The molecule has 0 N–H and O–H groups in total. The maximum atomic E-state index is 10.7. The van der Waals surface area contributed by atoms with Gasteiger partial charge in [-0.2, -0.15) is 0 Å². The van der Waals surface area contributed by atoms with Gasteiger partial charge in [0, 0.05) is 5.97 Å². The minimum absolute atomic E-state index is 0.0655. The molecule has 0 fully saturated rings. The lowest BCUT2D eigenvalue weighted by Gasteiger charge is -2.06. The van der Waals surface area contributed by atoms with Crippen LogP contribution in [0.5, 0.6) is 0 Å². The van der Waals surface area contributed by atoms with Gasteiger partial charge in [0.15, 0.2) is 0 Å². The molecule has 4 heteroatoms. The lowest BCUT2D eigenvalue weighted by atomic mass is 10.0. The molecule has 3 rings (SSSR count). The van der Waals surface area contributed by atoms with Crippen LogP contribution in [0.25, 0.3) is 21.9 Å². The van der Waals surface area contributed by atoms with Gasteiger partial charge in [0.2, 0.25) is 0 Å². The molecule has 0 amide bonds. The van der Waals surface area contributed by atoms with Gasteiger partial charge in [-0.25, -0.2) is 4.98 Å². The van der Waals surface area contributed by atoms with Crippen molar-refractivity contribution in [3.8, 4) is 0 Å². The summed E-state index contributed by atoms with van der Waals surface area (Å²) in [4.78, 5) is 15.4. The zero-order chi connectivity index (χ0) is 16.9. The third-order valence-corrected chi connectivity index (χ3v) is 4.89. The molecule has 0 aliphatic heterocycles. The molecular weight excluding hydrogens is 318 g/mol. The van der Waals surface area contributed by atoms with Gasteiger partial charge in [-0.3, -0.25) is 0 Å². The molecule has 0 saturated carbocycles. The summed E-state index contributed by atoms with van der Waals surface area (Å²) >= 11 is 1.65. The van der Waals surface area contributed by atoms with Crippen LogP contribution in [0, 0.1) is 6.92 Å². The highest BCUT2D eigenvalue weighted by atomic mass is 32.1. The number of aromatic nitrogens is 1. The largest absolute Gasteiger partial charge is 0.550 e. The van der Waals surface area contributed by atoms with Crippen molar-refractivity contribution in [1.82, 2.24) is 4.98 Å². The van der Waals surface area contributed by atoms with E-state index in [9.17, 15) is 9.90 Å². The van der Waals surface area contributed by atoms with E-state index in [1.165, 1.54) is 5.56 Å². The van der Waals surface area contributed by atoms with Crippen LogP contribution in [0.15, 0.2) is 48.5 Å². The van der Waals surface area contributed by atoms with Gasteiger partial charge in [-0.1, -0.05) is 42.0 Å². The number of carbonyl (C=O) groups excluding carboxylic acids is 1. The Bertz CT molecular complexity index is 862. The standard InChI is InChI=1S/C20H19NO2S/c1-14-6-4-7-15(12-14)13-16(8-5-11-19(22)23)20-21-17-9-2-3-10-18(17)24-20/h2-4,6-7,9-10,12-13H,5,8,11H2,1H3,(H,22,23)/p-1/b16-13+. The first-order valence-electron chi connectivity index (χ1n) is 7.95. The van der Waals surface area contributed by atoms with Crippen molar-refractivity contribution in [2.24, 2.45) is 0 Å². The van der Waals surface area contributed by atoms with Crippen molar-refractivity contribution < 1.29 is 9.90 Å². The SMILES string of the molecule is Cc1cccc(/C=C(\CCCC(=O)[O-])c2nc3ccccc3s2)c1. The Balaban J connectivity index is 1.95. The number of para-hydroxylation sites is 1. The van der Waals surface area contributed by atoms with E-state index in [2.05, 4.69) is 37.3 Å². The predicted octanol–water partition coefficient (Wildman–Crippen LogP) is 4.07. The number of rotatable bonds is 6. The first kappa shape index (κ1) is 16.4. The van der Waals surface area contributed by atoms with Crippen molar-refractivity contribution >= 4 is 39.2 Å². The maximum Gasteiger partial charge on any atom is 0.120 e. The lowest BCUT2D eigenvalue weighted by Crippen LogP contribution is -2.21. The molecular formula is C20H18NO2S-. The molecule has 0 aliphatic rings. The summed E-state index contributed by atoms with van der Waals surface area (Å²) in [5.41, 5.74) is 4.36. The predicted molar refractivity (Wildman–Crippen MR) is 97.5 cm³/mol. The molecule has 0 spiro atoms. The average molecular weight is 336 g/mol. The summed E-state index contributed by atoms with van der Waals surface area (Å²) in [6.45, 7) is 2.06. The van der Waals surface area contributed by atoms with Crippen molar-refractivity contribution in [3.05, 3.63) is 64.7 Å². The molecule has 122 valence electrons. The number of aliphatic carboxylic acids is 1. The summed E-state index contributed by atoms with van der Waals surface area (Å²) in [5, 5.41) is 11.7. The van der Waals surface area contributed by atoms with Crippen LogP contribution in [0.1, 0.15) is 35.4 Å². The second kappa shape index (κ2) is 7.41. The average Bonchev–Trinajstić information content (AvgIpc) is 2.97. The lowest BCUT2D eigenvalue weighted by molar-refractivity contribution is -0.305. The molecule has 0 aliphatic carbocycles. The van der Waals surface area contributed by atoms with Crippen LogP contribution in [-0.2, 0) is 4.79 Å². The summed E-state index contributed by atoms with van der Waals surface area (Å²) < 4.78 is 1.14. The molecule has 0 unspecified atom stereocenters. The number of aryl methyl sites for hydroxylation is 1. The number of fused-ring (bicyclic) bond motifs is 1. The number of benzene rings is 2. The third kappa shape index (κ3) is 4.09. The molecule has 2 aromatic carbocycles. The van der Waals surface area contributed by atoms with Gasteiger partial charge in [0.1, 0.15) is 5.01 Å². The van der Waals surface area contributed by atoms with E-state index in [0.29, 0.717) is 12.8 Å². The summed E-state index contributed by atoms with van der Waals surface area (Å²) in [5.74, 6) is -1.01. The number of carboxylic acids is 1. The summed E-state index contributed by atoms with van der Waals surface area (Å²) in [7, 11) is 0. The zero-order valence-electron chi connectivity index (χ0n) is 13.5. The smallest absolute Gasteiger partial charge is 0.120 e. The topological polar surface area (TPSA) is 53.0 Å².